The summed E-state index contributed by atoms with van der Waals surface area (Å²) < 4.78 is 5.24. The molecule has 2 rings (SSSR count). The topological polar surface area (TPSA) is 51.2 Å². The molecule has 0 aliphatic rings. The van der Waals surface area contributed by atoms with Crippen LogP contribution in [0.5, 0.6) is 0 Å². The number of esters is 1. The Bertz CT molecular complexity index is 629. The summed E-state index contributed by atoms with van der Waals surface area (Å²) in [5.74, 6) is 0.199. The molecule has 1 aromatic heterocycles. The summed E-state index contributed by atoms with van der Waals surface area (Å²) in [6, 6.07) is 12.7. The molecule has 0 unspecified atom stereocenters. The highest BCUT2D eigenvalue weighted by molar-refractivity contribution is 6.30. The van der Waals surface area contributed by atoms with Gasteiger partial charge in [-0.05, 0) is 43.7 Å². The normalized spacial score (nSPS) is 10.5. The summed E-state index contributed by atoms with van der Waals surface area (Å²) in [4.78, 5) is 16.2. The second kappa shape index (κ2) is 7.09. The summed E-state index contributed by atoms with van der Waals surface area (Å²) >= 11 is 5.89. The Balaban J connectivity index is 2.00. The molecule has 21 heavy (non-hydrogen) atoms. The van der Waals surface area contributed by atoms with Crippen LogP contribution in [0.2, 0.25) is 5.02 Å². The van der Waals surface area contributed by atoms with E-state index in [1.165, 1.54) is 0 Å². The van der Waals surface area contributed by atoms with Crippen molar-refractivity contribution >= 4 is 23.4 Å². The maximum absolute atomic E-state index is 12.0. The lowest BCUT2D eigenvalue weighted by Crippen LogP contribution is -2.13. The van der Waals surface area contributed by atoms with Gasteiger partial charge in [-0.1, -0.05) is 29.8 Å². The summed E-state index contributed by atoms with van der Waals surface area (Å²) in [5.41, 5.74) is 1.12. The lowest BCUT2D eigenvalue weighted by Gasteiger charge is -2.10. The van der Waals surface area contributed by atoms with Crippen LogP contribution in [0, 0.1) is 0 Å². The number of anilines is 1. The summed E-state index contributed by atoms with van der Waals surface area (Å²) in [5, 5.41) is 3.76. The number of pyridine rings is 1. The highest BCUT2D eigenvalue weighted by atomic mass is 35.5. The number of carbonyl (C=O) groups is 1. The molecule has 1 N–H and O–H groups in total. The van der Waals surface area contributed by atoms with E-state index in [4.69, 9.17) is 16.3 Å². The summed E-state index contributed by atoms with van der Waals surface area (Å²) in [6.45, 7) is 4.18. The third kappa shape index (κ3) is 4.76. The van der Waals surface area contributed by atoms with E-state index in [2.05, 4.69) is 10.3 Å². The molecule has 0 aliphatic carbocycles. The molecular weight excluding hydrogens is 288 g/mol. The third-order valence-corrected chi connectivity index (χ3v) is 2.89. The Morgan fingerprint density at radius 2 is 2.05 bits per heavy atom. The van der Waals surface area contributed by atoms with Gasteiger partial charge in [0.2, 0.25) is 0 Å². The lowest BCUT2D eigenvalue weighted by atomic mass is 10.2. The van der Waals surface area contributed by atoms with Gasteiger partial charge >= 0.3 is 5.97 Å². The van der Waals surface area contributed by atoms with Crippen LogP contribution in [0.15, 0.2) is 42.5 Å². The largest absolute Gasteiger partial charge is 0.456 e. The maximum atomic E-state index is 12.0. The average molecular weight is 305 g/mol. The standard InChI is InChI=1S/C16H17ClN2O2/c1-11(2)18-15-8-4-7-14(19-15)16(20)21-10-12-5-3-6-13(17)9-12/h3-9,11H,10H2,1-2H3,(H,18,19). The fraction of sp³-hybridized carbons (Fsp3) is 0.250. The van der Waals surface area contributed by atoms with Crippen LogP contribution in [0.25, 0.3) is 0 Å². The van der Waals surface area contributed by atoms with Crippen LogP contribution in [0.1, 0.15) is 29.9 Å². The Morgan fingerprint density at radius 1 is 1.29 bits per heavy atom. The molecule has 1 aromatic carbocycles. The minimum atomic E-state index is -0.456. The molecule has 0 fully saturated rings. The van der Waals surface area contributed by atoms with Gasteiger partial charge < -0.3 is 10.1 Å². The van der Waals surface area contributed by atoms with Crippen molar-refractivity contribution in [3.05, 3.63) is 58.7 Å². The molecule has 0 spiro atoms. The van der Waals surface area contributed by atoms with Gasteiger partial charge in [0.15, 0.2) is 5.69 Å². The van der Waals surface area contributed by atoms with Gasteiger partial charge in [0.25, 0.3) is 0 Å². The number of hydrogen-bond donors (Lipinski definition) is 1. The molecule has 0 amide bonds. The number of nitrogens with one attached hydrogen (secondary N) is 1. The van der Waals surface area contributed by atoms with Crippen molar-refractivity contribution in [2.45, 2.75) is 26.5 Å². The van der Waals surface area contributed by atoms with Crippen LogP contribution in [0.3, 0.4) is 0 Å². The Labute approximate surface area is 129 Å². The van der Waals surface area contributed by atoms with Crippen LogP contribution >= 0.6 is 11.6 Å². The third-order valence-electron chi connectivity index (χ3n) is 2.65. The van der Waals surface area contributed by atoms with Gasteiger partial charge in [-0.2, -0.15) is 0 Å². The SMILES string of the molecule is CC(C)Nc1cccc(C(=O)OCc2cccc(Cl)c2)n1. The van der Waals surface area contributed by atoms with E-state index in [9.17, 15) is 4.79 Å². The Hall–Kier alpha value is -2.07. The number of hydrogen-bond acceptors (Lipinski definition) is 4. The average Bonchev–Trinajstić information content (AvgIpc) is 2.44. The van der Waals surface area contributed by atoms with E-state index in [0.29, 0.717) is 10.8 Å². The molecule has 2 aromatic rings. The number of benzene rings is 1. The quantitative estimate of drug-likeness (QED) is 0.851. The van der Waals surface area contributed by atoms with Crippen molar-refractivity contribution in [2.24, 2.45) is 0 Å². The fourth-order valence-corrected chi connectivity index (χ4v) is 1.99. The first-order chi connectivity index (χ1) is 10.0. The highest BCUT2D eigenvalue weighted by Gasteiger charge is 2.10. The van der Waals surface area contributed by atoms with Crippen molar-refractivity contribution < 1.29 is 9.53 Å². The van der Waals surface area contributed by atoms with Crippen molar-refractivity contribution in [3.63, 3.8) is 0 Å². The van der Waals surface area contributed by atoms with Gasteiger partial charge in [-0.25, -0.2) is 9.78 Å². The monoisotopic (exact) mass is 304 g/mol. The molecule has 0 bridgehead atoms. The molecule has 0 saturated heterocycles. The first-order valence-electron chi connectivity index (χ1n) is 6.70. The number of ether oxygens (including phenoxy) is 1. The number of carbonyl (C=O) groups excluding carboxylic acids is 1. The number of nitrogens with zero attached hydrogens (tertiary/aromatic N) is 1. The smallest absolute Gasteiger partial charge is 0.357 e. The number of halogens is 1. The van der Waals surface area contributed by atoms with E-state index >= 15 is 0 Å². The van der Waals surface area contributed by atoms with E-state index in [-0.39, 0.29) is 18.3 Å². The zero-order chi connectivity index (χ0) is 15.2. The van der Waals surface area contributed by atoms with Gasteiger partial charge in [-0.3, -0.25) is 0 Å². The van der Waals surface area contributed by atoms with E-state index < -0.39 is 5.97 Å². The number of rotatable bonds is 5. The minimum Gasteiger partial charge on any atom is -0.456 e. The summed E-state index contributed by atoms with van der Waals surface area (Å²) in [6.07, 6.45) is 0. The first kappa shape index (κ1) is 15.3. The van der Waals surface area contributed by atoms with Gasteiger partial charge in [0, 0.05) is 11.1 Å². The predicted octanol–water partition coefficient (Wildman–Crippen LogP) is 3.91. The van der Waals surface area contributed by atoms with E-state index in [1.807, 2.05) is 32.0 Å². The molecule has 0 saturated carbocycles. The minimum absolute atomic E-state index is 0.170. The number of aromatic nitrogens is 1. The van der Waals surface area contributed by atoms with E-state index in [1.54, 1.807) is 24.3 Å². The zero-order valence-corrected chi connectivity index (χ0v) is 12.7. The van der Waals surface area contributed by atoms with Crippen LogP contribution in [-0.2, 0) is 11.3 Å². The maximum Gasteiger partial charge on any atom is 0.357 e. The van der Waals surface area contributed by atoms with Gasteiger partial charge in [-0.15, -0.1) is 0 Å². The second-order valence-electron chi connectivity index (χ2n) is 4.91. The summed E-state index contributed by atoms with van der Waals surface area (Å²) in [7, 11) is 0. The van der Waals surface area contributed by atoms with E-state index in [0.717, 1.165) is 5.56 Å². The Kier molecular flexibility index (Phi) is 5.17. The molecule has 110 valence electrons. The lowest BCUT2D eigenvalue weighted by molar-refractivity contribution is 0.0466. The van der Waals surface area contributed by atoms with Crippen molar-refractivity contribution in [2.75, 3.05) is 5.32 Å². The molecule has 1 heterocycles. The molecule has 5 heteroatoms. The molecule has 0 aliphatic heterocycles. The van der Waals surface area contributed by atoms with Crippen molar-refractivity contribution in [3.8, 4) is 0 Å². The Morgan fingerprint density at radius 3 is 2.76 bits per heavy atom. The first-order valence-corrected chi connectivity index (χ1v) is 7.07. The van der Waals surface area contributed by atoms with Crippen LogP contribution in [0.4, 0.5) is 5.82 Å². The van der Waals surface area contributed by atoms with Crippen LogP contribution < -0.4 is 5.32 Å². The zero-order valence-electron chi connectivity index (χ0n) is 12.0. The van der Waals surface area contributed by atoms with Crippen molar-refractivity contribution in [1.82, 2.24) is 4.98 Å². The predicted molar refractivity (Wildman–Crippen MR) is 83.6 cm³/mol. The molecule has 0 atom stereocenters. The molecule has 4 nitrogen and oxygen atoms in total. The van der Waals surface area contributed by atoms with Gasteiger partial charge in [0.1, 0.15) is 12.4 Å². The molecule has 0 radical (unpaired) electrons. The highest BCUT2D eigenvalue weighted by Crippen LogP contribution is 2.13. The molecular formula is C16H17ClN2O2. The van der Waals surface area contributed by atoms with Crippen molar-refractivity contribution in [1.29, 1.82) is 0 Å². The second-order valence-corrected chi connectivity index (χ2v) is 5.35. The van der Waals surface area contributed by atoms with Crippen LogP contribution in [-0.4, -0.2) is 17.0 Å². The fourth-order valence-electron chi connectivity index (χ4n) is 1.77. The van der Waals surface area contributed by atoms with Gasteiger partial charge in [0.05, 0.1) is 0 Å².